The Bertz CT molecular complexity index is 258. The Morgan fingerprint density at radius 1 is 1.36 bits per heavy atom. The van der Waals surface area contributed by atoms with Crippen LogP contribution in [0.25, 0.3) is 0 Å². The van der Waals surface area contributed by atoms with Gasteiger partial charge in [-0.05, 0) is 0 Å². The van der Waals surface area contributed by atoms with Crippen molar-refractivity contribution < 1.29 is 24.9 Å². The standard InChI is InChI=1S/C8H13NO5/c9-8(13)4-3-6(12)5(11)2(1-10)14-7(3)4/h2-7,10-12H,1H2,(H2,9,13)/t2-,3-,4+,5-,6-,7+/m1/s1. The van der Waals surface area contributed by atoms with Gasteiger partial charge in [0.15, 0.2) is 0 Å². The van der Waals surface area contributed by atoms with Crippen molar-refractivity contribution in [2.45, 2.75) is 24.4 Å². The second-order valence-corrected chi connectivity index (χ2v) is 3.81. The number of carbonyl (C=O) groups excluding carboxylic acids is 1. The van der Waals surface area contributed by atoms with Crippen molar-refractivity contribution in [3.8, 4) is 0 Å². The van der Waals surface area contributed by atoms with E-state index in [0.717, 1.165) is 0 Å². The maximum Gasteiger partial charge on any atom is 0.223 e. The first-order valence-electron chi connectivity index (χ1n) is 4.49. The number of nitrogens with two attached hydrogens (primary N) is 1. The van der Waals surface area contributed by atoms with Crippen LogP contribution in [0.4, 0.5) is 0 Å². The predicted octanol–water partition coefficient (Wildman–Crippen LogP) is -2.80. The Morgan fingerprint density at radius 2 is 2.00 bits per heavy atom. The van der Waals surface area contributed by atoms with Crippen LogP contribution in [-0.4, -0.2) is 52.2 Å². The highest BCUT2D eigenvalue weighted by Crippen LogP contribution is 2.49. The van der Waals surface area contributed by atoms with Gasteiger partial charge in [0.1, 0.15) is 12.2 Å². The van der Waals surface area contributed by atoms with Gasteiger partial charge in [-0.1, -0.05) is 0 Å². The molecule has 0 spiro atoms. The third-order valence-electron chi connectivity index (χ3n) is 2.97. The molecule has 2 aliphatic rings. The van der Waals surface area contributed by atoms with Gasteiger partial charge >= 0.3 is 0 Å². The number of fused-ring (bicyclic) bond motifs is 1. The summed E-state index contributed by atoms with van der Waals surface area (Å²) in [5.41, 5.74) is 5.08. The molecule has 0 unspecified atom stereocenters. The normalized spacial score (nSPS) is 51.1. The molecule has 0 bridgehead atoms. The minimum absolute atomic E-state index is 0.382. The molecule has 1 saturated carbocycles. The molecule has 1 amide bonds. The van der Waals surface area contributed by atoms with Crippen molar-refractivity contribution >= 4 is 5.91 Å². The van der Waals surface area contributed by atoms with E-state index in [2.05, 4.69) is 0 Å². The molecule has 0 aromatic rings. The van der Waals surface area contributed by atoms with E-state index in [9.17, 15) is 15.0 Å². The van der Waals surface area contributed by atoms with Gasteiger partial charge in [-0.25, -0.2) is 0 Å². The molecule has 0 aromatic heterocycles. The second-order valence-electron chi connectivity index (χ2n) is 3.81. The van der Waals surface area contributed by atoms with Crippen molar-refractivity contribution in [2.75, 3.05) is 6.61 Å². The molecule has 6 heteroatoms. The number of carbonyl (C=O) groups is 1. The first kappa shape index (κ1) is 9.85. The third kappa shape index (κ3) is 1.23. The molecular weight excluding hydrogens is 190 g/mol. The fourth-order valence-corrected chi connectivity index (χ4v) is 2.12. The molecule has 6 atom stereocenters. The van der Waals surface area contributed by atoms with Crippen LogP contribution in [-0.2, 0) is 9.53 Å². The molecular formula is C8H13NO5. The average Bonchev–Trinajstić information content (AvgIpc) is 2.85. The minimum Gasteiger partial charge on any atom is -0.394 e. The van der Waals surface area contributed by atoms with E-state index in [-0.39, 0.29) is 6.61 Å². The van der Waals surface area contributed by atoms with Crippen molar-refractivity contribution in [1.82, 2.24) is 0 Å². The van der Waals surface area contributed by atoms with Gasteiger partial charge < -0.3 is 25.8 Å². The van der Waals surface area contributed by atoms with E-state index in [1.165, 1.54) is 0 Å². The largest absolute Gasteiger partial charge is 0.394 e. The van der Waals surface area contributed by atoms with E-state index in [1.807, 2.05) is 0 Å². The number of hydrogen-bond acceptors (Lipinski definition) is 5. The molecule has 0 aromatic carbocycles. The number of aliphatic hydroxyl groups is 3. The average molecular weight is 203 g/mol. The highest BCUT2D eigenvalue weighted by Gasteiger charge is 2.64. The molecule has 1 saturated heterocycles. The summed E-state index contributed by atoms with van der Waals surface area (Å²) in [5.74, 6) is -1.48. The molecule has 2 rings (SSSR count). The van der Waals surface area contributed by atoms with Crippen LogP contribution in [0.5, 0.6) is 0 Å². The number of hydrogen-bond donors (Lipinski definition) is 4. The van der Waals surface area contributed by atoms with E-state index in [1.54, 1.807) is 0 Å². The number of ether oxygens (including phenoxy) is 1. The number of rotatable bonds is 2. The fraction of sp³-hybridized carbons (Fsp3) is 0.875. The van der Waals surface area contributed by atoms with Crippen molar-refractivity contribution in [3.05, 3.63) is 0 Å². The zero-order chi connectivity index (χ0) is 10.5. The lowest BCUT2D eigenvalue weighted by molar-refractivity contribution is -0.152. The Balaban J connectivity index is 2.09. The number of primary amides is 1. The monoisotopic (exact) mass is 203 g/mol. The van der Waals surface area contributed by atoms with Gasteiger partial charge in [0, 0.05) is 5.92 Å². The molecule has 1 aliphatic carbocycles. The van der Waals surface area contributed by atoms with Gasteiger partial charge in [-0.15, -0.1) is 0 Å². The topological polar surface area (TPSA) is 113 Å². The molecule has 6 nitrogen and oxygen atoms in total. The zero-order valence-electron chi connectivity index (χ0n) is 7.41. The van der Waals surface area contributed by atoms with Gasteiger partial charge in [0.25, 0.3) is 0 Å². The zero-order valence-corrected chi connectivity index (χ0v) is 7.41. The van der Waals surface area contributed by atoms with Crippen molar-refractivity contribution in [2.24, 2.45) is 17.6 Å². The van der Waals surface area contributed by atoms with E-state index >= 15 is 0 Å². The van der Waals surface area contributed by atoms with Crippen LogP contribution < -0.4 is 5.73 Å². The maximum absolute atomic E-state index is 10.9. The Labute approximate surface area is 80.3 Å². The van der Waals surface area contributed by atoms with Gasteiger partial charge in [-0.3, -0.25) is 4.79 Å². The van der Waals surface area contributed by atoms with Gasteiger partial charge in [-0.2, -0.15) is 0 Å². The van der Waals surface area contributed by atoms with Crippen LogP contribution in [0.2, 0.25) is 0 Å². The molecule has 80 valence electrons. The van der Waals surface area contributed by atoms with Crippen molar-refractivity contribution in [1.29, 1.82) is 0 Å². The van der Waals surface area contributed by atoms with Crippen LogP contribution >= 0.6 is 0 Å². The smallest absolute Gasteiger partial charge is 0.223 e. The Hall–Kier alpha value is -0.690. The minimum atomic E-state index is -1.15. The highest BCUT2D eigenvalue weighted by atomic mass is 16.5. The molecule has 1 aliphatic heterocycles. The molecule has 5 N–H and O–H groups in total. The number of amides is 1. The Kier molecular flexibility index (Phi) is 2.23. The lowest BCUT2D eigenvalue weighted by Crippen LogP contribution is -2.47. The lowest BCUT2D eigenvalue weighted by atomic mass is 10.0. The SMILES string of the molecule is NC(=O)[C@@H]1[C@H]2O[C@H](CO)[C@@H](O)[C@H](O)[C@H]21. The first-order chi connectivity index (χ1) is 6.57. The lowest BCUT2D eigenvalue weighted by Gasteiger charge is -2.29. The first-order valence-corrected chi connectivity index (χ1v) is 4.49. The summed E-state index contributed by atoms with van der Waals surface area (Å²) < 4.78 is 5.21. The van der Waals surface area contributed by atoms with Crippen LogP contribution in [0, 0.1) is 11.8 Å². The summed E-state index contributed by atoms with van der Waals surface area (Å²) in [4.78, 5) is 10.9. The van der Waals surface area contributed by atoms with Gasteiger partial charge in [0.2, 0.25) is 5.91 Å². The second kappa shape index (κ2) is 3.16. The van der Waals surface area contributed by atoms with Crippen molar-refractivity contribution in [3.63, 3.8) is 0 Å². The molecule has 2 fully saturated rings. The maximum atomic E-state index is 10.9. The van der Waals surface area contributed by atoms with E-state index in [4.69, 9.17) is 15.6 Å². The summed E-state index contributed by atoms with van der Waals surface area (Å²) in [7, 11) is 0. The highest BCUT2D eigenvalue weighted by molar-refractivity contribution is 5.81. The predicted molar refractivity (Wildman–Crippen MR) is 43.9 cm³/mol. The summed E-state index contributed by atoms with van der Waals surface area (Å²) in [6, 6.07) is 0. The van der Waals surface area contributed by atoms with E-state index < -0.39 is 42.2 Å². The summed E-state index contributed by atoms with van der Waals surface area (Å²) >= 11 is 0. The van der Waals surface area contributed by atoms with E-state index in [0.29, 0.717) is 0 Å². The van der Waals surface area contributed by atoms with Crippen LogP contribution in [0.3, 0.4) is 0 Å². The Morgan fingerprint density at radius 3 is 2.50 bits per heavy atom. The summed E-state index contributed by atoms with van der Waals surface area (Å²) in [5, 5.41) is 27.8. The molecule has 14 heavy (non-hydrogen) atoms. The van der Waals surface area contributed by atoms with Gasteiger partial charge in [0.05, 0.1) is 24.7 Å². The summed E-state index contributed by atoms with van der Waals surface area (Å²) in [6.07, 6.45) is -3.45. The number of aliphatic hydroxyl groups excluding tert-OH is 3. The summed E-state index contributed by atoms with van der Waals surface area (Å²) in [6.45, 7) is -0.382. The fourth-order valence-electron chi connectivity index (χ4n) is 2.12. The quantitative estimate of drug-likeness (QED) is 0.387. The van der Waals surface area contributed by atoms with Crippen LogP contribution in [0.1, 0.15) is 0 Å². The molecule has 0 radical (unpaired) electrons. The molecule has 1 heterocycles. The van der Waals surface area contributed by atoms with Crippen LogP contribution in [0.15, 0.2) is 0 Å². The third-order valence-corrected chi connectivity index (χ3v) is 2.97.